The van der Waals surface area contributed by atoms with E-state index in [1.54, 1.807) is 23.3 Å². The highest BCUT2D eigenvalue weighted by Gasteiger charge is 2.29. The number of carbonyl (C=O) groups excluding carboxylic acids is 2. The van der Waals surface area contributed by atoms with Crippen LogP contribution in [0.25, 0.3) is 0 Å². The summed E-state index contributed by atoms with van der Waals surface area (Å²) in [6.45, 7) is 3.00. The molecule has 2 amide bonds. The zero-order valence-electron chi connectivity index (χ0n) is 12.1. The molecule has 8 heteroatoms. The standard InChI is InChI=1S/C14H16N4O3S/c1-8-16-13(17-21-8)9-3-2-4-18(6-9)14(20)11-5-10(7-22-11)12(15)19/h5,7,9H,2-4,6H2,1H3,(H2,15,19)/t9-/m0/s1. The Balaban J connectivity index is 1.73. The molecule has 0 saturated carbocycles. The van der Waals surface area contributed by atoms with Gasteiger partial charge in [-0.05, 0) is 18.9 Å². The number of hydrogen-bond acceptors (Lipinski definition) is 6. The van der Waals surface area contributed by atoms with Crippen molar-refractivity contribution < 1.29 is 14.1 Å². The summed E-state index contributed by atoms with van der Waals surface area (Å²) >= 11 is 1.24. The molecule has 3 heterocycles. The Hall–Kier alpha value is -2.22. The lowest BCUT2D eigenvalue weighted by Gasteiger charge is -2.30. The molecule has 1 atom stereocenters. The Labute approximate surface area is 131 Å². The average molecular weight is 320 g/mol. The Bertz CT molecular complexity index is 709. The van der Waals surface area contributed by atoms with E-state index in [1.165, 1.54) is 11.3 Å². The molecular weight excluding hydrogens is 304 g/mol. The molecule has 1 saturated heterocycles. The zero-order valence-corrected chi connectivity index (χ0v) is 12.9. The number of rotatable bonds is 3. The number of thiophene rings is 1. The lowest BCUT2D eigenvalue weighted by atomic mass is 9.97. The maximum Gasteiger partial charge on any atom is 0.263 e. The van der Waals surface area contributed by atoms with Crippen molar-refractivity contribution in [3.05, 3.63) is 33.6 Å². The number of amides is 2. The van der Waals surface area contributed by atoms with Gasteiger partial charge in [0.15, 0.2) is 5.82 Å². The van der Waals surface area contributed by atoms with Gasteiger partial charge in [-0.3, -0.25) is 9.59 Å². The normalized spacial score (nSPS) is 18.4. The lowest BCUT2D eigenvalue weighted by Crippen LogP contribution is -2.39. The molecule has 2 aromatic rings. The average Bonchev–Trinajstić information content (AvgIpc) is 3.15. The van der Waals surface area contributed by atoms with Gasteiger partial charge in [-0.15, -0.1) is 11.3 Å². The molecule has 3 rings (SSSR count). The van der Waals surface area contributed by atoms with Crippen molar-refractivity contribution in [3.63, 3.8) is 0 Å². The summed E-state index contributed by atoms with van der Waals surface area (Å²) < 4.78 is 5.01. The summed E-state index contributed by atoms with van der Waals surface area (Å²) in [6, 6.07) is 1.55. The molecule has 22 heavy (non-hydrogen) atoms. The van der Waals surface area contributed by atoms with Crippen LogP contribution in [0.15, 0.2) is 16.0 Å². The summed E-state index contributed by atoms with van der Waals surface area (Å²) in [5.74, 6) is 0.670. The Morgan fingerprint density at radius 1 is 1.50 bits per heavy atom. The van der Waals surface area contributed by atoms with Gasteiger partial charge in [0.2, 0.25) is 11.8 Å². The van der Waals surface area contributed by atoms with Gasteiger partial charge >= 0.3 is 0 Å². The van der Waals surface area contributed by atoms with Gasteiger partial charge in [0, 0.05) is 31.3 Å². The molecule has 0 aromatic carbocycles. The number of piperidine rings is 1. The van der Waals surface area contributed by atoms with E-state index in [4.69, 9.17) is 10.3 Å². The largest absolute Gasteiger partial charge is 0.366 e. The molecule has 2 N–H and O–H groups in total. The molecule has 0 spiro atoms. The number of aromatic nitrogens is 2. The van der Waals surface area contributed by atoms with Crippen LogP contribution < -0.4 is 5.73 Å². The van der Waals surface area contributed by atoms with Gasteiger partial charge in [0.05, 0.1) is 10.4 Å². The van der Waals surface area contributed by atoms with Crippen molar-refractivity contribution in [2.24, 2.45) is 5.73 Å². The van der Waals surface area contributed by atoms with Crippen LogP contribution in [0.4, 0.5) is 0 Å². The first-order valence-corrected chi connectivity index (χ1v) is 7.90. The summed E-state index contributed by atoms with van der Waals surface area (Å²) in [5, 5.41) is 5.56. The van der Waals surface area contributed by atoms with E-state index in [-0.39, 0.29) is 11.8 Å². The fourth-order valence-electron chi connectivity index (χ4n) is 2.59. The van der Waals surface area contributed by atoms with E-state index in [9.17, 15) is 9.59 Å². The second kappa shape index (κ2) is 5.88. The summed E-state index contributed by atoms with van der Waals surface area (Å²) in [5.41, 5.74) is 5.59. The van der Waals surface area contributed by atoms with Gasteiger partial charge in [-0.1, -0.05) is 5.16 Å². The molecule has 0 aliphatic carbocycles. The fourth-order valence-corrected chi connectivity index (χ4v) is 3.45. The summed E-state index contributed by atoms with van der Waals surface area (Å²) in [6.07, 6.45) is 1.82. The zero-order chi connectivity index (χ0) is 15.7. The molecule has 1 fully saturated rings. The van der Waals surface area contributed by atoms with Crippen molar-refractivity contribution in [2.45, 2.75) is 25.7 Å². The van der Waals surface area contributed by atoms with Crippen LogP contribution >= 0.6 is 11.3 Å². The minimum absolute atomic E-state index is 0.0811. The van der Waals surface area contributed by atoms with Gasteiger partial charge in [0.1, 0.15) is 0 Å². The number of carbonyl (C=O) groups is 2. The van der Waals surface area contributed by atoms with Crippen LogP contribution in [0.5, 0.6) is 0 Å². The molecule has 1 aliphatic rings. The van der Waals surface area contributed by atoms with E-state index in [0.717, 1.165) is 12.8 Å². The van der Waals surface area contributed by atoms with Crippen LogP contribution in [0.3, 0.4) is 0 Å². The summed E-state index contributed by atoms with van der Waals surface area (Å²) in [7, 11) is 0. The number of likely N-dealkylation sites (tertiary alicyclic amines) is 1. The summed E-state index contributed by atoms with van der Waals surface area (Å²) in [4.78, 5) is 30.2. The predicted molar refractivity (Wildman–Crippen MR) is 79.8 cm³/mol. The van der Waals surface area contributed by atoms with Gasteiger partial charge in [-0.25, -0.2) is 0 Å². The maximum absolute atomic E-state index is 12.5. The minimum atomic E-state index is -0.519. The molecular formula is C14H16N4O3S. The van der Waals surface area contributed by atoms with Crippen LogP contribution in [-0.4, -0.2) is 39.9 Å². The molecule has 116 valence electrons. The third-order valence-electron chi connectivity index (χ3n) is 3.71. The van der Waals surface area contributed by atoms with Crippen molar-refractivity contribution in [3.8, 4) is 0 Å². The molecule has 0 radical (unpaired) electrons. The van der Waals surface area contributed by atoms with E-state index < -0.39 is 5.91 Å². The van der Waals surface area contributed by atoms with E-state index in [1.807, 2.05) is 0 Å². The Morgan fingerprint density at radius 2 is 2.32 bits per heavy atom. The van der Waals surface area contributed by atoms with Crippen molar-refractivity contribution in [2.75, 3.05) is 13.1 Å². The Morgan fingerprint density at radius 3 is 2.95 bits per heavy atom. The van der Waals surface area contributed by atoms with E-state index in [2.05, 4.69) is 10.1 Å². The lowest BCUT2D eigenvalue weighted by molar-refractivity contribution is 0.0708. The Kier molecular flexibility index (Phi) is 3.93. The molecule has 1 aliphatic heterocycles. The third kappa shape index (κ3) is 2.87. The number of primary amides is 1. The highest BCUT2D eigenvalue weighted by Crippen LogP contribution is 2.27. The van der Waals surface area contributed by atoms with Crippen molar-refractivity contribution in [1.29, 1.82) is 0 Å². The van der Waals surface area contributed by atoms with Gasteiger partial charge in [-0.2, -0.15) is 4.98 Å². The SMILES string of the molecule is Cc1nc([C@H]2CCCN(C(=O)c3cc(C(N)=O)cs3)C2)no1. The van der Waals surface area contributed by atoms with Gasteiger partial charge < -0.3 is 15.2 Å². The quantitative estimate of drug-likeness (QED) is 0.924. The smallest absolute Gasteiger partial charge is 0.263 e. The minimum Gasteiger partial charge on any atom is -0.366 e. The molecule has 2 aromatic heterocycles. The predicted octanol–water partition coefficient (Wildman–Crippen LogP) is 1.56. The number of nitrogens with two attached hydrogens (primary N) is 1. The maximum atomic E-state index is 12.5. The second-order valence-corrected chi connectivity index (χ2v) is 6.24. The monoisotopic (exact) mass is 320 g/mol. The topological polar surface area (TPSA) is 102 Å². The highest BCUT2D eigenvalue weighted by molar-refractivity contribution is 7.12. The highest BCUT2D eigenvalue weighted by atomic mass is 32.1. The first-order chi connectivity index (χ1) is 10.5. The number of hydrogen-bond donors (Lipinski definition) is 1. The van der Waals surface area contributed by atoms with Crippen molar-refractivity contribution in [1.82, 2.24) is 15.0 Å². The van der Waals surface area contributed by atoms with E-state index in [0.29, 0.717) is 35.2 Å². The second-order valence-electron chi connectivity index (χ2n) is 5.33. The molecule has 0 unspecified atom stereocenters. The first-order valence-electron chi connectivity index (χ1n) is 7.02. The van der Waals surface area contributed by atoms with E-state index >= 15 is 0 Å². The van der Waals surface area contributed by atoms with Crippen LogP contribution in [-0.2, 0) is 0 Å². The van der Waals surface area contributed by atoms with Crippen LogP contribution in [0, 0.1) is 6.92 Å². The third-order valence-corrected chi connectivity index (χ3v) is 4.63. The van der Waals surface area contributed by atoms with Crippen LogP contribution in [0.1, 0.15) is 50.5 Å². The van der Waals surface area contributed by atoms with Crippen molar-refractivity contribution >= 4 is 23.2 Å². The van der Waals surface area contributed by atoms with Gasteiger partial charge in [0.25, 0.3) is 5.91 Å². The fraction of sp³-hybridized carbons (Fsp3) is 0.429. The number of aryl methyl sites for hydroxylation is 1. The first kappa shape index (κ1) is 14.7. The van der Waals surface area contributed by atoms with Crippen LogP contribution in [0.2, 0.25) is 0 Å². The number of nitrogens with zero attached hydrogens (tertiary/aromatic N) is 3. The molecule has 7 nitrogen and oxygen atoms in total. The molecule has 0 bridgehead atoms.